The molecule has 3 rings (SSSR count). The zero-order chi connectivity index (χ0) is 24.9. The summed E-state index contributed by atoms with van der Waals surface area (Å²) < 4.78 is 10.1. The molecule has 0 atom stereocenters. The molecule has 0 spiro atoms. The molecule has 0 unspecified atom stereocenters. The number of hydrogen-bond donors (Lipinski definition) is 4. The molecule has 0 radical (unpaired) electrons. The van der Waals surface area contributed by atoms with E-state index in [0.29, 0.717) is 18.5 Å². The number of hydrogen-bond acceptors (Lipinski definition) is 8. The number of benzene rings is 1. The van der Waals surface area contributed by atoms with E-state index in [4.69, 9.17) is 26.0 Å². The highest BCUT2D eigenvalue weighted by molar-refractivity contribution is 6.11. The molecule has 1 fully saturated rings. The fourth-order valence-electron chi connectivity index (χ4n) is 3.52. The van der Waals surface area contributed by atoms with Gasteiger partial charge in [0.25, 0.3) is 0 Å². The van der Waals surface area contributed by atoms with Crippen LogP contribution in [0.2, 0.25) is 0 Å². The Morgan fingerprint density at radius 1 is 1.26 bits per heavy atom. The third kappa shape index (κ3) is 8.31. The number of aliphatic imine (C=N–C) groups is 1. The van der Waals surface area contributed by atoms with Gasteiger partial charge >= 0.3 is 0 Å². The molecule has 1 saturated heterocycles. The first-order valence-corrected chi connectivity index (χ1v) is 11.4. The molecular formula is C26H30N6O3. The van der Waals surface area contributed by atoms with Crippen LogP contribution in [0.15, 0.2) is 60.0 Å². The van der Waals surface area contributed by atoms with E-state index in [1.165, 1.54) is 12.3 Å². The molecule has 0 aliphatic carbocycles. The number of carbonyl (C=O) groups is 1. The summed E-state index contributed by atoms with van der Waals surface area (Å²) >= 11 is 0. The van der Waals surface area contributed by atoms with Gasteiger partial charge in [-0.25, -0.2) is 0 Å². The van der Waals surface area contributed by atoms with Crippen LogP contribution in [-0.4, -0.2) is 48.7 Å². The standard InChI is InChI=1S/C26H30N6O3/c27-15-21(17-31-22-10-13-34-14-11-22)24-9-12-30-16-20(24)4-8-26(33)32-23-5-1-19(2-6-23)3-7-25(29)35-18-28/h1-2,4-6,8-9,12,15-18,22,28-29H,3,7,10-11,13-14,27H2,(H,32,33)/b8-4+,21-15?,28-18?,29-25?,31-17?. The second kappa shape index (κ2) is 13.6. The van der Waals surface area contributed by atoms with Gasteiger partial charge in [0, 0.05) is 67.3 Å². The minimum absolute atomic E-state index is 0.0415. The molecule has 9 heteroatoms. The maximum absolute atomic E-state index is 12.5. The SMILES string of the molecule is N=COC(=N)CCc1ccc(NC(=O)/C=C/c2cnccc2C(C=NC2CCOCC2)=CN)cc1. The summed E-state index contributed by atoms with van der Waals surface area (Å²) in [6.45, 7) is 1.44. The largest absolute Gasteiger partial charge is 0.433 e. The van der Waals surface area contributed by atoms with Crippen molar-refractivity contribution < 1.29 is 14.3 Å². The Labute approximate surface area is 204 Å². The summed E-state index contributed by atoms with van der Waals surface area (Å²) in [5, 5.41) is 17.2. The van der Waals surface area contributed by atoms with Crippen molar-refractivity contribution in [1.29, 1.82) is 10.8 Å². The van der Waals surface area contributed by atoms with Crippen molar-refractivity contribution in [3.8, 4) is 0 Å². The third-order valence-electron chi connectivity index (χ3n) is 5.44. The molecular weight excluding hydrogens is 444 g/mol. The number of aromatic nitrogens is 1. The van der Waals surface area contributed by atoms with E-state index in [9.17, 15) is 4.79 Å². The van der Waals surface area contributed by atoms with E-state index in [2.05, 4.69) is 15.3 Å². The first-order valence-electron chi connectivity index (χ1n) is 11.4. The van der Waals surface area contributed by atoms with Crippen LogP contribution < -0.4 is 11.1 Å². The average molecular weight is 475 g/mol. The van der Waals surface area contributed by atoms with Gasteiger partial charge in [-0.3, -0.25) is 25.6 Å². The number of carbonyl (C=O) groups excluding carboxylic acids is 1. The lowest BCUT2D eigenvalue weighted by Crippen LogP contribution is -2.18. The summed E-state index contributed by atoms with van der Waals surface area (Å²) in [6, 6.07) is 9.44. The number of ether oxygens (including phenoxy) is 2. The van der Waals surface area contributed by atoms with Crippen molar-refractivity contribution in [2.24, 2.45) is 10.7 Å². The number of amides is 1. The van der Waals surface area contributed by atoms with E-state index in [1.54, 1.807) is 36.8 Å². The van der Waals surface area contributed by atoms with Gasteiger partial charge in [-0.2, -0.15) is 0 Å². The molecule has 1 aromatic carbocycles. The minimum Gasteiger partial charge on any atom is -0.433 e. The predicted octanol–water partition coefficient (Wildman–Crippen LogP) is 3.82. The second-order valence-electron chi connectivity index (χ2n) is 7.89. The number of pyridine rings is 1. The van der Waals surface area contributed by atoms with E-state index >= 15 is 0 Å². The normalized spacial score (nSPS) is 14.8. The van der Waals surface area contributed by atoms with Gasteiger partial charge in [0.1, 0.15) is 0 Å². The molecule has 0 saturated carbocycles. The van der Waals surface area contributed by atoms with Crippen LogP contribution in [0.25, 0.3) is 11.6 Å². The molecule has 182 valence electrons. The molecule has 2 heterocycles. The van der Waals surface area contributed by atoms with Gasteiger partial charge in [0.05, 0.1) is 6.04 Å². The van der Waals surface area contributed by atoms with Gasteiger partial charge in [-0.15, -0.1) is 0 Å². The van der Waals surface area contributed by atoms with Crippen LogP contribution >= 0.6 is 0 Å². The Bertz CT molecular complexity index is 1100. The highest BCUT2D eigenvalue weighted by Gasteiger charge is 2.12. The minimum atomic E-state index is -0.275. The number of allylic oxidation sites excluding steroid dienone is 1. The first kappa shape index (κ1) is 25.5. The van der Waals surface area contributed by atoms with E-state index in [0.717, 1.165) is 54.7 Å². The molecule has 1 amide bonds. The van der Waals surface area contributed by atoms with Crippen LogP contribution in [0.3, 0.4) is 0 Å². The molecule has 9 nitrogen and oxygen atoms in total. The number of nitrogens with one attached hydrogen (secondary N) is 3. The summed E-state index contributed by atoms with van der Waals surface area (Å²) in [7, 11) is 0. The summed E-state index contributed by atoms with van der Waals surface area (Å²) in [4.78, 5) is 21.3. The van der Waals surface area contributed by atoms with Gasteiger partial charge in [-0.1, -0.05) is 12.1 Å². The van der Waals surface area contributed by atoms with Crippen molar-refractivity contribution in [3.05, 3.63) is 71.7 Å². The highest BCUT2D eigenvalue weighted by atomic mass is 16.5. The molecule has 5 N–H and O–H groups in total. The lowest BCUT2D eigenvalue weighted by molar-refractivity contribution is -0.111. The number of rotatable bonds is 10. The maximum Gasteiger partial charge on any atom is 0.248 e. The van der Waals surface area contributed by atoms with E-state index in [-0.39, 0.29) is 17.8 Å². The molecule has 1 aliphatic heterocycles. The quantitative estimate of drug-likeness (QED) is 0.235. The van der Waals surface area contributed by atoms with Crippen molar-refractivity contribution in [3.63, 3.8) is 0 Å². The average Bonchev–Trinajstić information content (AvgIpc) is 2.89. The van der Waals surface area contributed by atoms with Crippen LogP contribution in [-0.2, 0) is 20.7 Å². The third-order valence-corrected chi connectivity index (χ3v) is 5.44. The van der Waals surface area contributed by atoms with Gasteiger partial charge in [0.15, 0.2) is 12.3 Å². The Balaban J connectivity index is 1.60. The van der Waals surface area contributed by atoms with E-state index in [1.807, 2.05) is 18.2 Å². The zero-order valence-electron chi connectivity index (χ0n) is 19.4. The Morgan fingerprint density at radius 2 is 2.03 bits per heavy atom. The molecule has 0 bridgehead atoms. The van der Waals surface area contributed by atoms with Crippen LogP contribution in [0.4, 0.5) is 5.69 Å². The Hall–Kier alpha value is -4.11. The molecule has 2 aromatic rings. The lowest BCUT2D eigenvalue weighted by Gasteiger charge is -2.18. The topological polar surface area (TPSA) is 147 Å². The van der Waals surface area contributed by atoms with Crippen LogP contribution in [0, 0.1) is 10.8 Å². The van der Waals surface area contributed by atoms with Crippen LogP contribution in [0.5, 0.6) is 0 Å². The second-order valence-corrected chi connectivity index (χ2v) is 7.89. The van der Waals surface area contributed by atoms with Crippen molar-refractivity contribution in [2.45, 2.75) is 31.7 Å². The summed E-state index contributed by atoms with van der Waals surface area (Å²) in [5.41, 5.74) is 9.89. The van der Waals surface area contributed by atoms with Crippen LogP contribution in [0.1, 0.15) is 36.0 Å². The van der Waals surface area contributed by atoms with Crippen molar-refractivity contribution >= 4 is 41.8 Å². The van der Waals surface area contributed by atoms with Gasteiger partial charge in [0.2, 0.25) is 5.91 Å². The lowest BCUT2D eigenvalue weighted by atomic mass is 10.0. The number of nitrogens with two attached hydrogens (primary N) is 1. The van der Waals surface area contributed by atoms with Gasteiger partial charge < -0.3 is 20.5 Å². The van der Waals surface area contributed by atoms with Crippen molar-refractivity contribution in [1.82, 2.24) is 4.98 Å². The monoisotopic (exact) mass is 474 g/mol. The zero-order valence-corrected chi connectivity index (χ0v) is 19.4. The molecule has 1 aliphatic rings. The maximum atomic E-state index is 12.5. The molecule has 35 heavy (non-hydrogen) atoms. The molecule has 1 aromatic heterocycles. The van der Waals surface area contributed by atoms with Gasteiger partial charge in [-0.05, 0) is 54.7 Å². The van der Waals surface area contributed by atoms with Crippen molar-refractivity contribution in [2.75, 3.05) is 18.5 Å². The Morgan fingerprint density at radius 3 is 2.74 bits per heavy atom. The predicted molar refractivity (Wildman–Crippen MR) is 139 cm³/mol. The fourth-order valence-corrected chi connectivity index (χ4v) is 3.52. The fraction of sp³-hybridized carbons (Fsp3) is 0.269. The smallest absolute Gasteiger partial charge is 0.248 e. The number of anilines is 1. The first-order chi connectivity index (χ1) is 17.1. The number of nitrogens with zero attached hydrogens (tertiary/aromatic N) is 2. The highest BCUT2D eigenvalue weighted by Crippen LogP contribution is 2.19. The van der Waals surface area contributed by atoms with E-state index < -0.39 is 0 Å². The summed E-state index contributed by atoms with van der Waals surface area (Å²) in [6.07, 6.45) is 13.3. The Kier molecular flexibility index (Phi) is 9.89. The number of aryl methyl sites for hydroxylation is 1. The summed E-state index contributed by atoms with van der Waals surface area (Å²) in [5.74, 6) is -0.234.